The quantitative estimate of drug-likeness (QED) is 0.826. The molecule has 7 nitrogen and oxygen atoms in total. The lowest BCUT2D eigenvalue weighted by molar-refractivity contribution is -0.122. The molecule has 2 aromatic heterocycles. The average Bonchev–Trinajstić information content (AvgIpc) is 3.15. The summed E-state index contributed by atoms with van der Waals surface area (Å²) in [5, 5.41) is 8.07. The number of nitrogens with one attached hydrogen (secondary N) is 1. The van der Waals surface area contributed by atoms with Crippen molar-refractivity contribution in [2.45, 2.75) is 13.8 Å². The highest BCUT2D eigenvalue weighted by molar-refractivity contribution is 6.07. The van der Waals surface area contributed by atoms with Crippen molar-refractivity contribution < 1.29 is 9.59 Å². The van der Waals surface area contributed by atoms with Gasteiger partial charge in [0, 0.05) is 38.3 Å². The van der Waals surface area contributed by atoms with E-state index in [1.54, 1.807) is 9.58 Å². The first kappa shape index (κ1) is 14.2. The van der Waals surface area contributed by atoms with Crippen molar-refractivity contribution in [2.24, 2.45) is 18.9 Å². The molecule has 4 heterocycles. The summed E-state index contributed by atoms with van der Waals surface area (Å²) in [6.45, 7) is 5.57. The van der Waals surface area contributed by atoms with E-state index in [-0.39, 0.29) is 23.7 Å². The van der Waals surface area contributed by atoms with E-state index in [4.69, 9.17) is 0 Å². The van der Waals surface area contributed by atoms with Crippen LogP contribution < -0.4 is 5.32 Å². The fraction of sp³-hybridized carbons (Fsp3) is 0.500. The summed E-state index contributed by atoms with van der Waals surface area (Å²) in [7, 11) is 1.83. The zero-order chi connectivity index (χ0) is 16.3. The predicted octanol–water partition coefficient (Wildman–Crippen LogP) is 0.403. The van der Waals surface area contributed by atoms with Gasteiger partial charge in [-0.2, -0.15) is 5.10 Å². The maximum atomic E-state index is 13.0. The van der Waals surface area contributed by atoms with Crippen LogP contribution in [-0.4, -0.2) is 51.1 Å². The molecule has 0 bridgehead atoms. The van der Waals surface area contributed by atoms with Gasteiger partial charge in [-0.25, -0.2) is 4.98 Å². The zero-order valence-corrected chi connectivity index (χ0v) is 13.5. The summed E-state index contributed by atoms with van der Waals surface area (Å²) < 4.78 is 1.71. The summed E-state index contributed by atoms with van der Waals surface area (Å²) in [5.41, 5.74) is 2.96. The molecule has 0 spiro atoms. The van der Waals surface area contributed by atoms with Crippen LogP contribution in [0.1, 0.15) is 21.7 Å². The number of likely N-dealkylation sites (tertiary alicyclic amines) is 1. The minimum Gasteiger partial charge on any atom is -0.355 e. The molecule has 2 atom stereocenters. The van der Waals surface area contributed by atoms with Crippen molar-refractivity contribution in [3.63, 3.8) is 0 Å². The summed E-state index contributed by atoms with van der Waals surface area (Å²) in [6.07, 6.45) is 0. The van der Waals surface area contributed by atoms with Crippen molar-refractivity contribution in [3.05, 3.63) is 23.0 Å². The highest BCUT2D eigenvalue weighted by atomic mass is 16.2. The van der Waals surface area contributed by atoms with Gasteiger partial charge < -0.3 is 10.2 Å². The minimum absolute atomic E-state index is 0.0289. The standard InChI is InChI=1S/C16H19N5O2/c1-8-4-11(13-9(2)19-20(3)14(13)18-8)16(23)21-6-10-5-17-15(22)12(10)7-21/h4,10,12H,5-7H2,1-3H3,(H,17,22)/t10-,12+/m0/s1. The first-order chi connectivity index (χ1) is 11.0. The van der Waals surface area contributed by atoms with Crippen molar-refractivity contribution in [2.75, 3.05) is 19.6 Å². The van der Waals surface area contributed by atoms with Crippen molar-refractivity contribution in [3.8, 4) is 0 Å². The number of nitrogens with zero attached hydrogens (tertiary/aromatic N) is 4. The first-order valence-corrected chi connectivity index (χ1v) is 7.83. The Morgan fingerprint density at radius 2 is 2.13 bits per heavy atom. The maximum absolute atomic E-state index is 13.0. The molecular weight excluding hydrogens is 294 g/mol. The maximum Gasteiger partial charge on any atom is 0.254 e. The molecule has 2 aromatic rings. The SMILES string of the molecule is Cc1cc(C(=O)N2C[C@@H]3CNC(=O)[C@@H]3C2)c2c(C)nn(C)c2n1. The monoisotopic (exact) mass is 313 g/mol. The molecule has 4 rings (SSSR count). The van der Waals surface area contributed by atoms with Crippen LogP contribution in [0.4, 0.5) is 0 Å². The third-order valence-corrected chi connectivity index (χ3v) is 4.93. The van der Waals surface area contributed by atoms with Gasteiger partial charge >= 0.3 is 0 Å². The number of pyridine rings is 1. The summed E-state index contributed by atoms with van der Waals surface area (Å²) in [4.78, 5) is 31.2. The van der Waals surface area contributed by atoms with Gasteiger partial charge in [0.2, 0.25) is 5.91 Å². The van der Waals surface area contributed by atoms with Crippen LogP contribution >= 0.6 is 0 Å². The Hall–Kier alpha value is -2.44. The number of aryl methyl sites for hydroxylation is 3. The zero-order valence-electron chi connectivity index (χ0n) is 13.5. The van der Waals surface area contributed by atoms with E-state index in [2.05, 4.69) is 15.4 Å². The van der Waals surface area contributed by atoms with E-state index >= 15 is 0 Å². The normalized spacial score (nSPS) is 23.4. The number of rotatable bonds is 1. The lowest BCUT2D eigenvalue weighted by Gasteiger charge is -2.18. The van der Waals surface area contributed by atoms with E-state index in [0.29, 0.717) is 25.2 Å². The molecule has 1 N–H and O–H groups in total. The molecule has 2 saturated heterocycles. The van der Waals surface area contributed by atoms with E-state index in [9.17, 15) is 9.59 Å². The van der Waals surface area contributed by atoms with Crippen molar-refractivity contribution in [1.82, 2.24) is 25.0 Å². The molecule has 2 amide bonds. The number of amides is 2. The number of hydrogen-bond acceptors (Lipinski definition) is 4. The number of aromatic nitrogens is 3. The van der Waals surface area contributed by atoms with Crippen LogP contribution in [0.3, 0.4) is 0 Å². The van der Waals surface area contributed by atoms with Gasteiger partial charge in [-0.3, -0.25) is 14.3 Å². The molecule has 120 valence electrons. The second-order valence-electron chi connectivity index (χ2n) is 6.54. The average molecular weight is 313 g/mol. The minimum atomic E-state index is -0.0626. The molecule has 2 fully saturated rings. The van der Waals surface area contributed by atoms with Gasteiger partial charge in [0.15, 0.2) is 5.65 Å². The van der Waals surface area contributed by atoms with Crippen LogP contribution in [0.25, 0.3) is 11.0 Å². The molecular formula is C16H19N5O2. The largest absolute Gasteiger partial charge is 0.355 e. The summed E-state index contributed by atoms with van der Waals surface area (Å²) in [6, 6.07) is 1.83. The molecule has 0 aliphatic carbocycles. The molecule has 0 aromatic carbocycles. The molecule has 0 saturated carbocycles. The first-order valence-electron chi connectivity index (χ1n) is 7.83. The summed E-state index contributed by atoms with van der Waals surface area (Å²) >= 11 is 0. The molecule has 2 aliphatic heterocycles. The summed E-state index contributed by atoms with van der Waals surface area (Å²) in [5.74, 6) is 0.213. The Morgan fingerprint density at radius 1 is 1.35 bits per heavy atom. The molecule has 0 radical (unpaired) electrons. The Balaban J connectivity index is 1.75. The lowest BCUT2D eigenvalue weighted by atomic mass is 10.0. The van der Waals surface area contributed by atoms with Gasteiger partial charge in [0.25, 0.3) is 5.91 Å². The second-order valence-corrected chi connectivity index (χ2v) is 6.54. The third kappa shape index (κ3) is 2.03. The van der Waals surface area contributed by atoms with E-state index in [0.717, 1.165) is 22.4 Å². The van der Waals surface area contributed by atoms with E-state index in [1.807, 2.05) is 27.0 Å². The van der Waals surface area contributed by atoms with Crippen molar-refractivity contribution in [1.29, 1.82) is 0 Å². The van der Waals surface area contributed by atoms with Crippen LogP contribution in [0.5, 0.6) is 0 Å². The van der Waals surface area contributed by atoms with Crippen LogP contribution in [-0.2, 0) is 11.8 Å². The third-order valence-electron chi connectivity index (χ3n) is 4.93. The Labute approximate surface area is 133 Å². The topological polar surface area (TPSA) is 80.1 Å². The van der Waals surface area contributed by atoms with Gasteiger partial charge in [-0.1, -0.05) is 0 Å². The fourth-order valence-corrected chi connectivity index (χ4v) is 3.81. The number of hydrogen-bond donors (Lipinski definition) is 1. The molecule has 2 aliphatic rings. The Bertz CT molecular complexity index is 841. The molecule has 23 heavy (non-hydrogen) atoms. The predicted molar refractivity (Wildman–Crippen MR) is 83.9 cm³/mol. The number of fused-ring (bicyclic) bond motifs is 2. The van der Waals surface area contributed by atoms with Crippen LogP contribution in [0.2, 0.25) is 0 Å². The highest BCUT2D eigenvalue weighted by Crippen LogP contribution is 2.30. The lowest BCUT2D eigenvalue weighted by Crippen LogP contribution is -2.33. The fourth-order valence-electron chi connectivity index (χ4n) is 3.81. The highest BCUT2D eigenvalue weighted by Gasteiger charge is 2.44. The van der Waals surface area contributed by atoms with Gasteiger partial charge in [0.1, 0.15) is 0 Å². The van der Waals surface area contributed by atoms with Gasteiger partial charge in [-0.15, -0.1) is 0 Å². The van der Waals surface area contributed by atoms with Crippen LogP contribution in [0, 0.1) is 25.7 Å². The van der Waals surface area contributed by atoms with Crippen LogP contribution in [0.15, 0.2) is 6.07 Å². The van der Waals surface area contributed by atoms with Gasteiger partial charge in [-0.05, 0) is 19.9 Å². The molecule has 0 unspecified atom stereocenters. The molecule has 7 heteroatoms. The van der Waals surface area contributed by atoms with Crippen molar-refractivity contribution >= 4 is 22.8 Å². The Kier molecular flexibility index (Phi) is 2.94. The smallest absolute Gasteiger partial charge is 0.254 e. The number of carbonyl (C=O) groups excluding carboxylic acids is 2. The van der Waals surface area contributed by atoms with Gasteiger partial charge in [0.05, 0.1) is 22.6 Å². The number of carbonyl (C=O) groups is 2. The van der Waals surface area contributed by atoms with E-state index in [1.165, 1.54) is 0 Å². The van der Waals surface area contributed by atoms with E-state index < -0.39 is 0 Å². The Morgan fingerprint density at radius 3 is 2.87 bits per heavy atom. The second kappa shape index (κ2) is 4.78.